The molecule has 3 rings (SSSR count). The fourth-order valence-corrected chi connectivity index (χ4v) is 2.35. The number of aryl methyl sites for hydroxylation is 1. The standard InChI is InChI=1S/C21H18N2O/c1-16-12-17(14-22-19-8-4-2-5-9-19)21(24)18(13-16)15-23-20-10-6-3-7-11-20/h2-15,24H,1H3. The number of rotatable bonds is 4. The van der Waals surface area contributed by atoms with Crippen LogP contribution in [0.2, 0.25) is 0 Å². The fraction of sp³-hybridized carbons (Fsp3) is 0.0476. The molecule has 0 heterocycles. The van der Waals surface area contributed by atoms with E-state index in [4.69, 9.17) is 0 Å². The van der Waals surface area contributed by atoms with E-state index in [9.17, 15) is 5.11 Å². The number of phenols is 1. The molecule has 118 valence electrons. The summed E-state index contributed by atoms with van der Waals surface area (Å²) in [5, 5.41) is 10.5. The molecule has 3 nitrogen and oxygen atoms in total. The molecule has 1 N–H and O–H groups in total. The van der Waals surface area contributed by atoms with E-state index < -0.39 is 0 Å². The summed E-state index contributed by atoms with van der Waals surface area (Å²) in [4.78, 5) is 8.82. The summed E-state index contributed by atoms with van der Waals surface area (Å²) < 4.78 is 0. The molecule has 0 saturated carbocycles. The van der Waals surface area contributed by atoms with E-state index in [2.05, 4.69) is 9.98 Å². The van der Waals surface area contributed by atoms with E-state index >= 15 is 0 Å². The van der Waals surface area contributed by atoms with Crippen molar-refractivity contribution in [3.8, 4) is 5.75 Å². The number of nitrogens with zero attached hydrogens (tertiary/aromatic N) is 2. The summed E-state index contributed by atoms with van der Waals surface area (Å²) in [6.07, 6.45) is 3.36. The van der Waals surface area contributed by atoms with Gasteiger partial charge in [0.25, 0.3) is 0 Å². The summed E-state index contributed by atoms with van der Waals surface area (Å²) in [5.74, 6) is 0.181. The van der Waals surface area contributed by atoms with E-state index in [1.54, 1.807) is 12.4 Å². The molecule has 0 saturated heterocycles. The molecule has 0 spiro atoms. The second kappa shape index (κ2) is 7.38. The van der Waals surface area contributed by atoms with E-state index in [0.717, 1.165) is 16.9 Å². The lowest BCUT2D eigenvalue weighted by Gasteiger charge is -2.05. The molecule has 0 aromatic heterocycles. The van der Waals surface area contributed by atoms with Gasteiger partial charge in [-0.05, 0) is 48.9 Å². The van der Waals surface area contributed by atoms with Crippen molar-refractivity contribution in [3.05, 3.63) is 89.5 Å². The molecule has 3 aromatic carbocycles. The maximum atomic E-state index is 10.5. The van der Waals surface area contributed by atoms with E-state index in [0.29, 0.717) is 11.1 Å². The highest BCUT2D eigenvalue weighted by molar-refractivity contribution is 5.93. The van der Waals surface area contributed by atoms with Crippen LogP contribution in [-0.2, 0) is 0 Å². The van der Waals surface area contributed by atoms with Crippen LogP contribution in [0.1, 0.15) is 16.7 Å². The molecule has 0 aliphatic carbocycles. The Kier molecular flexibility index (Phi) is 4.82. The van der Waals surface area contributed by atoms with Gasteiger partial charge < -0.3 is 5.11 Å². The zero-order chi connectivity index (χ0) is 16.8. The zero-order valence-electron chi connectivity index (χ0n) is 13.4. The van der Waals surface area contributed by atoms with Crippen LogP contribution in [0.15, 0.2) is 82.8 Å². The summed E-state index contributed by atoms with van der Waals surface area (Å²) >= 11 is 0. The zero-order valence-corrected chi connectivity index (χ0v) is 13.4. The van der Waals surface area contributed by atoms with Gasteiger partial charge >= 0.3 is 0 Å². The maximum absolute atomic E-state index is 10.5. The molecular formula is C21H18N2O. The lowest BCUT2D eigenvalue weighted by Crippen LogP contribution is -1.91. The average molecular weight is 314 g/mol. The third kappa shape index (κ3) is 3.96. The third-order valence-electron chi connectivity index (χ3n) is 3.53. The minimum atomic E-state index is 0.181. The molecule has 0 radical (unpaired) electrons. The Morgan fingerprint density at radius 3 is 1.54 bits per heavy atom. The predicted molar refractivity (Wildman–Crippen MR) is 100 cm³/mol. The van der Waals surface area contributed by atoms with Crippen LogP contribution in [0, 0.1) is 6.92 Å². The van der Waals surface area contributed by atoms with E-state index in [1.165, 1.54) is 0 Å². The molecule has 0 atom stereocenters. The lowest BCUT2D eigenvalue weighted by molar-refractivity contribution is 0.473. The van der Waals surface area contributed by atoms with Crippen molar-refractivity contribution in [1.82, 2.24) is 0 Å². The first kappa shape index (κ1) is 15.7. The maximum Gasteiger partial charge on any atom is 0.133 e. The van der Waals surface area contributed by atoms with Gasteiger partial charge in [0, 0.05) is 23.6 Å². The van der Waals surface area contributed by atoms with E-state index in [-0.39, 0.29) is 5.75 Å². The van der Waals surface area contributed by atoms with Crippen molar-refractivity contribution in [1.29, 1.82) is 0 Å². The molecule has 0 fully saturated rings. The van der Waals surface area contributed by atoms with Crippen LogP contribution < -0.4 is 0 Å². The number of aliphatic imine (C=N–C) groups is 2. The van der Waals surface area contributed by atoms with Gasteiger partial charge in [0.15, 0.2) is 0 Å². The summed E-state index contributed by atoms with van der Waals surface area (Å²) in [5.41, 5.74) is 4.08. The first-order valence-corrected chi connectivity index (χ1v) is 7.74. The molecule has 0 unspecified atom stereocenters. The molecular weight excluding hydrogens is 296 g/mol. The van der Waals surface area contributed by atoms with Crippen LogP contribution in [-0.4, -0.2) is 17.5 Å². The van der Waals surface area contributed by atoms with Crippen molar-refractivity contribution >= 4 is 23.8 Å². The van der Waals surface area contributed by atoms with Gasteiger partial charge in [0.1, 0.15) is 5.75 Å². The van der Waals surface area contributed by atoms with Crippen molar-refractivity contribution in [2.24, 2.45) is 9.98 Å². The molecule has 0 aliphatic rings. The fourth-order valence-electron chi connectivity index (χ4n) is 2.35. The first-order chi connectivity index (χ1) is 11.7. The Balaban J connectivity index is 1.90. The smallest absolute Gasteiger partial charge is 0.133 e. The monoisotopic (exact) mass is 314 g/mol. The van der Waals surface area contributed by atoms with Crippen molar-refractivity contribution in [2.45, 2.75) is 6.92 Å². The van der Waals surface area contributed by atoms with Gasteiger partial charge in [-0.2, -0.15) is 0 Å². The number of benzene rings is 3. The lowest BCUT2D eigenvalue weighted by atomic mass is 10.1. The number of aromatic hydroxyl groups is 1. The SMILES string of the molecule is Cc1cc(C=Nc2ccccc2)c(O)c(C=Nc2ccccc2)c1. The van der Waals surface area contributed by atoms with Crippen LogP contribution in [0.3, 0.4) is 0 Å². The normalized spacial score (nSPS) is 11.4. The van der Waals surface area contributed by atoms with Crippen LogP contribution in [0.25, 0.3) is 0 Å². The third-order valence-corrected chi connectivity index (χ3v) is 3.53. The topological polar surface area (TPSA) is 45.0 Å². The molecule has 0 aliphatic heterocycles. The molecule has 24 heavy (non-hydrogen) atoms. The van der Waals surface area contributed by atoms with Gasteiger partial charge in [-0.1, -0.05) is 36.4 Å². The number of hydrogen-bond donors (Lipinski definition) is 1. The Morgan fingerprint density at radius 1 is 0.708 bits per heavy atom. The minimum Gasteiger partial charge on any atom is -0.507 e. The van der Waals surface area contributed by atoms with E-state index in [1.807, 2.05) is 79.7 Å². The Hall–Kier alpha value is -3.20. The van der Waals surface area contributed by atoms with Crippen molar-refractivity contribution in [2.75, 3.05) is 0 Å². The van der Waals surface area contributed by atoms with Gasteiger partial charge in [-0.3, -0.25) is 9.98 Å². The van der Waals surface area contributed by atoms with Crippen LogP contribution >= 0.6 is 0 Å². The predicted octanol–water partition coefficient (Wildman–Crippen LogP) is 5.20. The quantitative estimate of drug-likeness (QED) is 0.661. The van der Waals surface area contributed by atoms with Crippen molar-refractivity contribution < 1.29 is 5.11 Å². The number of para-hydroxylation sites is 2. The molecule has 0 amide bonds. The Morgan fingerprint density at radius 2 is 1.12 bits per heavy atom. The Bertz CT molecular complexity index is 798. The Labute approximate surface area is 141 Å². The van der Waals surface area contributed by atoms with Gasteiger partial charge in [-0.15, -0.1) is 0 Å². The number of phenolic OH excluding ortho intramolecular Hbond substituents is 1. The highest BCUT2D eigenvalue weighted by Crippen LogP contribution is 2.23. The summed E-state index contributed by atoms with van der Waals surface area (Å²) in [6.45, 7) is 1.99. The summed E-state index contributed by atoms with van der Waals surface area (Å²) in [7, 11) is 0. The largest absolute Gasteiger partial charge is 0.507 e. The molecule has 0 bridgehead atoms. The highest BCUT2D eigenvalue weighted by Gasteiger charge is 2.05. The van der Waals surface area contributed by atoms with Crippen molar-refractivity contribution in [3.63, 3.8) is 0 Å². The number of hydrogen-bond acceptors (Lipinski definition) is 3. The minimum absolute atomic E-state index is 0.181. The van der Waals surface area contributed by atoms with Crippen LogP contribution in [0.5, 0.6) is 5.75 Å². The van der Waals surface area contributed by atoms with Gasteiger partial charge in [0.2, 0.25) is 0 Å². The van der Waals surface area contributed by atoms with Gasteiger partial charge in [0.05, 0.1) is 11.4 Å². The van der Waals surface area contributed by atoms with Crippen LogP contribution in [0.4, 0.5) is 11.4 Å². The summed E-state index contributed by atoms with van der Waals surface area (Å²) in [6, 6.07) is 23.1. The average Bonchev–Trinajstić information content (AvgIpc) is 2.62. The second-order valence-electron chi connectivity index (χ2n) is 5.48. The first-order valence-electron chi connectivity index (χ1n) is 7.74. The second-order valence-corrected chi connectivity index (χ2v) is 5.48. The van der Waals surface area contributed by atoms with Gasteiger partial charge in [-0.25, -0.2) is 0 Å². The highest BCUT2D eigenvalue weighted by atomic mass is 16.3. The molecule has 3 aromatic rings. The molecule has 3 heteroatoms.